The van der Waals surface area contributed by atoms with Crippen molar-refractivity contribution in [2.75, 3.05) is 5.73 Å². The summed E-state index contributed by atoms with van der Waals surface area (Å²) < 4.78 is 0. The van der Waals surface area contributed by atoms with E-state index in [4.69, 9.17) is 5.73 Å². The summed E-state index contributed by atoms with van der Waals surface area (Å²) in [5, 5.41) is 0. The lowest BCUT2D eigenvalue weighted by Crippen LogP contribution is -2.20. The van der Waals surface area contributed by atoms with Crippen molar-refractivity contribution in [3.63, 3.8) is 0 Å². The first-order chi connectivity index (χ1) is 7.57. The van der Waals surface area contributed by atoms with Gasteiger partial charge in [-0.05, 0) is 39.7 Å². The largest absolute Gasteiger partial charge is 0.398 e. The zero-order valence-corrected chi connectivity index (χ0v) is 12.0. The second-order valence-corrected chi connectivity index (χ2v) is 6.73. The number of hydrogen-bond donors (Lipinski definition) is 1. The van der Waals surface area contributed by atoms with Crippen LogP contribution in [0.15, 0.2) is 18.7 Å². The average Bonchev–Trinajstić information content (AvgIpc) is 2.14. The van der Waals surface area contributed by atoms with E-state index >= 15 is 0 Å². The van der Waals surface area contributed by atoms with Crippen molar-refractivity contribution in [1.29, 1.82) is 0 Å². The van der Waals surface area contributed by atoms with Gasteiger partial charge in [-0.15, -0.1) is 0 Å². The van der Waals surface area contributed by atoms with Gasteiger partial charge in [0, 0.05) is 5.69 Å². The Bertz CT molecular complexity index is 393. The third-order valence-electron chi connectivity index (χ3n) is 3.05. The Balaban J connectivity index is 3.59. The molecule has 0 bridgehead atoms. The number of nitrogens with two attached hydrogens (primary N) is 1. The standard InChI is InChI=1S/C16H25N/c1-8-11-9-12(15(2,3)4)14(17)13(10-11)16(5,6)7/h8-10H,1,17H2,2-7H3. The van der Waals surface area contributed by atoms with E-state index < -0.39 is 0 Å². The van der Waals surface area contributed by atoms with Crippen LogP contribution in [0, 0.1) is 0 Å². The second-order valence-electron chi connectivity index (χ2n) is 6.73. The summed E-state index contributed by atoms with van der Waals surface area (Å²) in [5.41, 5.74) is 11.0. The van der Waals surface area contributed by atoms with Crippen molar-refractivity contribution in [3.05, 3.63) is 35.4 Å². The van der Waals surface area contributed by atoms with Gasteiger partial charge in [-0.3, -0.25) is 0 Å². The lowest BCUT2D eigenvalue weighted by molar-refractivity contribution is 0.572. The first kappa shape index (κ1) is 13.8. The van der Waals surface area contributed by atoms with Crippen LogP contribution in [0.4, 0.5) is 5.69 Å². The molecule has 0 amide bonds. The molecule has 1 aromatic rings. The van der Waals surface area contributed by atoms with Gasteiger partial charge in [-0.1, -0.05) is 54.2 Å². The zero-order valence-electron chi connectivity index (χ0n) is 12.0. The van der Waals surface area contributed by atoms with Crippen molar-refractivity contribution in [3.8, 4) is 0 Å². The molecule has 0 unspecified atom stereocenters. The molecule has 0 saturated carbocycles. The van der Waals surface area contributed by atoms with Gasteiger partial charge in [0.1, 0.15) is 0 Å². The Kier molecular flexibility index (Phi) is 3.42. The molecule has 0 aliphatic rings. The van der Waals surface area contributed by atoms with Gasteiger partial charge < -0.3 is 5.73 Å². The molecule has 1 rings (SSSR count). The summed E-state index contributed by atoms with van der Waals surface area (Å²) in [7, 11) is 0. The van der Waals surface area contributed by atoms with E-state index in [0.717, 1.165) is 11.3 Å². The van der Waals surface area contributed by atoms with Crippen LogP contribution in [-0.2, 0) is 10.8 Å². The summed E-state index contributed by atoms with van der Waals surface area (Å²) in [6.07, 6.45) is 1.89. The second kappa shape index (κ2) is 4.21. The molecule has 0 aromatic heterocycles. The Hall–Kier alpha value is -1.24. The number of rotatable bonds is 1. The van der Waals surface area contributed by atoms with Crippen LogP contribution < -0.4 is 5.73 Å². The highest BCUT2D eigenvalue weighted by Gasteiger charge is 2.24. The van der Waals surface area contributed by atoms with Gasteiger partial charge in [0.2, 0.25) is 0 Å². The monoisotopic (exact) mass is 231 g/mol. The maximum atomic E-state index is 6.34. The smallest absolute Gasteiger partial charge is 0.0390 e. The Morgan fingerprint density at radius 3 is 1.53 bits per heavy atom. The predicted octanol–water partition coefficient (Wildman–Crippen LogP) is 4.51. The molecule has 94 valence electrons. The molecule has 0 atom stereocenters. The Morgan fingerprint density at radius 2 is 1.29 bits per heavy atom. The maximum absolute atomic E-state index is 6.34. The van der Waals surface area contributed by atoms with E-state index in [-0.39, 0.29) is 10.8 Å². The molecule has 0 spiro atoms. The third kappa shape index (κ3) is 2.91. The normalized spacial score (nSPS) is 12.6. The summed E-state index contributed by atoms with van der Waals surface area (Å²) in [5.74, 6) is 0. The fourth-order valence-electron chi connectivity index (χ4n) is 2.03. The predicted molar refractivity (Wildman–Crippen MR) is 78.3 cm³/mol. The Morgan fingerprint density at radius 1 is 0.941 bits per heavy atom. The van der Waals surface area contributed by atoms with Crippen LogP contribution in [0.2, 0.25) is 0 Å². The quantitative estimate of drug-likeness (QED) is 0.707. The fourth-order valence-corrected chi connectivity index (χ4v) is 2.03. The number of anilines is 1. The molecule has 1 heteroatoms. The molecule has 1 aromatic carbocycles. The summed E-state index contributed by atoms with van der Waals surface area (Å²) >= 11 is 0. The third-order valence-corrected chi connectivity index (χ3v) is 3.05. The Labute approximate surface area is 106 Å². The fraction of sp³-hybridized carbons (Fsp3) is 0.500. The van der Waals surface area contributed by atoms with Crippen LogP contribution in [0.1, 0.15) is 58.2 Å². The van der Waals surface area contributed by atoms with Crippen LogP contribution >= 0.6 is 0 Å². The molecule has 0 heterocycles. The van der Waals surface area contributed by atoms with Gasteiger partial charge in [-0.2, -0.15) is 0 Å². The zero-order chi connectivity index (χ0) is 13.4. The summed E-state index contributed by atoms with van der Waals surface area (Å²) in [4.78, 5) is 0. The minimum atomic E-state index is 0.0586. The first-order valence-electron chi connectivity index (χ1n) is 6.14. The van der Waals surface area contributed by atoms with Gasteiger partial charge in [0.25, 0.3) is 0 Å². The van der Waals surface area contributed by atoms with Crippen molar-refractivity contribution in [2.45, 2.75) is 52.4 Å². The molecule has 0 fully saturated rings. The maximum Gasteiger partial charge on any atom is 0.0390 e. The molecule has 0 saturated heterocycles. The van der Waals surface area contributed by atoms with E-state index in [1.807, 2.05) is 6.08 Å². The van der Waals surface area contributed by atoms with E-state index in [2.05, 4.69) is 60.3 Å². The molecule has 2 N–H and O–H groups in total. The van der Waals surface area contributed by atoms with E-state index in [0.29, 0.717) is 0 Å². The molecular weight excluding hydrogens is 206 g/mol. The van der Waals surface area contributed by atoms with E-state index in [9.17, 15) is 0 Å². The lowest BCUT2D eigenvalue weighted by atomic mass is 9.78. The molecule has 1 nitrogen and oxygen atoms in total. The van der Waals surface area contributed by atoms with Gasteiger partial charge in [0.15, 0.2) is 0 Å². The molecular formula is C16H25N. The van der Waals surface area contributed by atoms with Crippen molar-refractivity contribution in [1.82, 2.24) is 0 Å². The summed E-state index contributed by atoms with van der Waals surface area (Å²) in [6.45, 7) is 17.0. The van der Waals surface area contributed by atoms with Crippen LogP contribution in [-0.4, -0.2) is 0 Å². The van der Waals surface area contributed by atoms with E-state index in [1.165, 1.54) is 11.1 Å². The molecule has 17 heavy (non-hydrogen) atoms. The molecule has 0 aliphatic heterocycles. The molecule has 0 aliphatic carbocycles. The van der Waals surface area contributed by atoms with E-state index in [1.54, 1.807) is 0 Å². The van der Waals surface area contributed by atoms with Crippen molar-refractivity contribution >= 4 is 11.8 Å². The van der Waals surface area contributed by atoms with Gasteiger partial charge >= 0.3 is 0 Å². The molecule has 0 radical (unpaired) electrons. The lowest BCUT2D eigenvalue weighted by Gasteiger charge is -2.28. The van der Waals surface area contributed by atoms with Crippen LogP contribution in [0.3, 0.4) is 0 Å². The van der Waals surface area contributed by atoms with Crippen molar-refractivity contribution < 1.29 is 0 Å². The highest BCUT2D eigenvalue weighted by Crippen LogP contribution is 2.37. The van der Waals surface area contributed by atoms with Crippen molar-refractivity contribution in [2.24, 2.45) is 0 Å². The van der Waals surface area contributed by atoms with Crippen LogP contribution in [0.5, 0.6) is 0 Å². The SMILES string of the molecule is C=Cc1cc(C(C)(C)C)c(N)c(C(C)(C)C)c1. The number of hydrogen-bond acceptors (Lipinski definition) is 1. The van der Waals surface area contributed by atoms with Gasteiger partial charge in [-0.25, -0.2) is 0 Å². The highest BCUT2D eigenvalue weighted by atomic mass is 14.6. The minimum Gasteiger partial charge on any atom is -0.398 e. The van der Waals surface area contributed by atoms with Crippen LogP contribution in [0.25, 0.3) is 6.08 Å². The number of benzene rings is 1. The number of nitrogen functional groups attached to an aromatic ring is 1. The minimum absolute atomic E-state index is 0.0586. The topological polar surface area (TPSA) is 26.0 Å². The average molecular weight is 231 g/mol. The first-order valence-corrected chi connectivity index (χ1v) is 6.14. The van der Waals surface area contributed by atoms with Gasteiger partial charge in [0.05, 0.1) is 0 Å². The highest BCUT2D eigenvalue weighted by molar-refractivity contribution is 5.65. The summed E-state index contributed by atoms with van der Waals surface area (Å²) in [6, 6.07) is 4.30.